The molecule has 1 heterocycles. The van der Waals surface area contributed by atoms with Crippen molar-refractivity contribution < 1.29 is 8.78 Å². The fraction of sp³-hybridized carbons (Fsp3) is 0.538. The molecule has 1 saturated heterocycles. The molecular formula is C13H17F2N. The van der Waals surface area contributed by atoms with Crippen LogP contribution in [0.1, 0.15) is 31.2 Å². The van der Waals surface area contributed by atoms with E-state index >= 15 is 0 Å². The maximum Gasteiger partial charge on any atom is 0.126 e. The Morgan fingerprint density at radius 2 is 1.81 bits per heavy atom. The molecule has 1 aliphatic heterocycles. The SMILES string of the molecule is Fc1cc(F)cc(CC2CCCCCN2)c1. The summed E-state index contributed by atoms with van der Waals surface area (Å²) in [7, 11) is 0. The average molecular weight is 225 g/mol. The lowest BCUT2D eigenvalue weighted by molar-refractivity contribution is 0.503. The van der Waals surface area contributed by atoms with Crippen LogP contribution in [0, 0.1) is 11.6 Å². The largest absolute Gasteiger partial charge is 0.314 e. The summed E-state index contributed by atoms with van der Waals surface area (Å²) in [5.74, 6) is -0.966. The maximum absolute atomic E-state index is 13.0. The van der Waals surface area contributed by atoms with E-state index in [1.54, 1.807) is 0 Å². The van der Waals surface area contributed by atoms with Gasteiger partial charge in [-0.15, -0.1) is 0 Å². The first kappa shape index (κ1) is 11.5. The molecule has 0 spiro atoms. The van der Waals surface area contributed by atoms with Crippen molar-refractivity contribution in [2.24, 2.45) is 0 Å². The number of benzene rings is 1. The second kappa shape index (κ2) is 5.39. The van der Waals surface area contributed by atoms with Crippen LogP contribution in [0.15, 0.2) is 18.2 Å². The van der Waals surface area contributed by atoms with E-state index in [2.05, 4.69) is 5.32 Å². The van der Waals surface area contributed by atoms with Crippen molar-refractivity contribution in [3.05, 3.63) is 35.4 Å². The Balaban J connectivity index is 2.01. The van der Waals surface area contributed by atoms with E-state index < -0.39 is 11.6 Å². The maximum atomic E-state index is 13.0. The predicted molar refractivity (Wildman–Crippen MR) is 60.3 cm³/mol. The Bertz CT molecular complexity index is 324. The highest BCUT2D eigenvalue weighted by Crippen LogP contribution is 2.15. The number of hydrogen-bond acceptors (Lipinski definition) is 1. The number of rotatable bonds is 2. The summed E-state index contributed by atoms with van der Waals surface area (Å²) in [4.78, 5) is 0. The molecule has 0 radical (unpaired) electrons. The first-order valence-electron chi connectivity index (χ1n) is 5.92. The van der Waals surface area contributed by atoms with Gasteiger partial charge in [0.1, 0.15) is 11.6 Å². The van der Waals surface area contributed by atoms with E-state index in [-0.39, 0.29) is 0 Å². The van der Waals surface area contributed by atoms with Crippen molar-refractivity contribution in [1.82, 2.24) is 5.32 Å². The molecule has 1 N–H and O–H groups in total. The van der Waals surface area contributed by atoms with E-state index in [9.17, 15) is 8.78 Å². The van der Waals surface area contributed by atoms with Gasteiger partial charge in [0.25, 0.3) is 0 Å². The molecule has 1 unspecified atom stereocenters. The minimum absolute atomic E-state index is 0.365. The normalized spacial score (nSPS) is 21.8. The molecule has 0 aromatic heterocycles. The standard InChI is InChI=1S/C13H17F2N/c14-11-6-10(7-12(15)9-11)8-13-4-2-1-3-5-16-13/h6-7,9,13,16H,1-5,8H2. The van der Waals surface area contributed by atoms with E-state index in [0.717, 1.165) is 24.6 Å². The Hall–Kier alpha value is -0.960. The van der Waals surface area contributed by atoms with Crippen LogP contribution < -0.4 is 5.32 Å². The molecule has 0 bridgehead atoms. The van der Waals surface area contributed by atoms with Crippen molar-refractivity contribution >= 4 is 0 Å². The third-order valence-corrected chi connectivity index (χ3v) is 3.07. The van der Waals surface area contributed by atoms with Gasteiger partial charge in [0, 0.05) is 12.1 Å². The van der Waals surface area contributed by atoms with Crippen LogP contribution in [0.25, 0.3) is 0 Å². The van der Waals surface area contributed by atoms with Crippen molar-refractivity contribution in [3.63, 3.8) is 0 Å². The van der Waals surface area contributed by atoms with Crippen LogP contribution in [-0.2, 0) is 6.42 Å². The number of nitrogens with one attached hydrogen (secondary N) is 1. The van der Waals surface area contributed by atoms with E-state index in [4.69, 9.17) is 0 Å². The molecule has 0 aliphatic carbocycles. The van der Waals surface area contributed by atoms with E-state index in [0.29, 0.717) is 12.5 Å². The van der Waals surface area contributed by atoms with Gasteiger partial charge < -0.3 is 5.32 Å². The quantitative estimate of drug-likeness (QED) is 0.815. The molecule has 1 atom stereocenters. The van der Waals surface area contributed by atoms with Crippen LogP contribution >= 0.6 is 0 Å². The zero-order valence-corrected chi connectivity index (χ0v) is 9.31. The van der Waals surface area contributed by atoms with Gasteiger partial charge in [0.2, 0.25) is 0 Å². The molecule has 1 aromatic rings. The summed E-state index contributed by atoms with van der Waals surface area (Å²) in [6, 6.07) is 4.14. The van der Waals surface area contributed by atoms with Gasteiger partial charge in [0.15, 0.2) is 0 Å². The zero-order valence-electron chi connectivity index (χ0n) is 9.31. The lowest BCUT2D eigenvalue weighted by atomic mass is 10.0. The smallest absolute Gasteiger partial charge is 0.126 e. The van der Waals surface area contributed by atoms with Gasteiger partial charge in [-0.05, 0) is 43.5 Å². The van der Waals surface area contributed by atoms with Crippen molar-refractivity contribution in [3.8, 4) is 0 Å². The summed E-state index contributed by atoms with van der Waals surface area (Å²) in [5, 5.41) is 3.42. The molecule has 16 heavy (non-hydrogen) atoms. The molecule has 1 aliphatic rings. The molecular weight excluding hydrogens is 208 g/mol. The second-order valence-electron chi connectivity index (χ2n) is 4.48. The van der Waals surface area contributed by atoms with Gasteiger partial charge in [-0.2, -0.15) is 0 Å². The predicted octanol–water partition coefficient (Wildman–Crippen LogP) is 3.04. The van der Waals surface area contributed by atoms with Gasteiger partial charge in [-0.25, -0.2) is 8.78 Å². The van der Waals surface area contributed by atoms with E-state index in [1.165, 1.54) is 31.4 Å². The summed E-state index contributed by atoms with van der Waals surface area (Å²) >= 11 is 0. The number of halogens is 2. The van der Waals surface area contributed by atoms with Crippen molar-refractivity contribution in [1.29, 1.82) is 0 Å². The van der Waals surface area contributed by atoms with Gasteiger partial charge >= 0.3 is 0 Å². The summed E-state index contributed by atoms with van der Waals surface area (Å²) in [5.41, 5.74) is 0.747. The Kier molecular flexibility index (Phi) is 3.88. The molecule has 88 valence electrons. The van der Waals surface area contributed by atoms with Crippen LogP contribution in [-0.4, -0.2) is 12.6 Å². The number of hydrogen-bond donors (Lipinski definition) is 1. The van der Waals surface area contributed by atoms with E-state index in [1.807, 2.05) is 0 Å². The molecule has 3 heteroatoms. The fourth-order valence-electron chi connectivity index (χ4n) is 2.29. The first-order chi connectivity index (χ1) is 7.74. The molecule has 1 fully saturated rings. The second-order valence-corrected chi connectivity index (χ2v) is 4.48. The minimum atomic E-state index is -0.483. The first-order valence-corrected chi connectivity index (χ1v) is 5.92. The highest BCUT2D eigenvalue weighted by Gasteiger charge is 2.12. The third kappa shape index (κ3) is 3.27. The van der Waals surface area contributed by atoms with Crippen molar-refractivity contribution in [2.75, 3.05) is 6.54 Å². The highest BCUT2D eigenvalue weighted by atomic mass is 19.1. The van der Waals surface area contributed by atoms with Gasteiger partial charge in [-0.1, -0.05) is 12.8 Å². The highest BCUT2D eigenvalue weighted by molar-refractivity contribution is 5.19. The Morgan fingerprint density at radius 1 is 1.06 bits per heavy atom. The molecule has 0 saturated carbocycles. The molecule has 1 nitrogen and oxygen atoms in total. The zero-order chi connectivity index (χ0) is 11.4. The lowest BCUT2D eigenvalue weighted by Crippen LogP contribution is -2.30. The molecule has 2 rings (SSSR count). The van der Waals surface area contributed by atoms with Crippen LogP contribution in [0.2, 0.25) is 0 Å². The average Bonchev–Trinajstić information content (AvgIpc) is 2.44. The van der Waals surface area contributed by atoms with Crippen LogP contribution in [0.4, 0.5) is 8.78 Å². The molecule has 1 aromatic carbocycles. The summed E-state index contributed by atoms with van der Waals surface area (Å²) < 4.78 is 26.0. The van der Waals surface area contributed by atoms with Gasteiger partial charge in [-0.3, -0.25) is 0 Å². The Labute approximate surface area is 94.9 Å². The van der Waals surface area contributed by atoms with Crippen LogP contribution in [0.3, 0.4) is 0 Å². The van der Waals surface area contributed by atoms with Crippen LogP contribution in [0.5, 0.6) is 0 Å². The van der Waals surface area contributed by atoms with Crippen molar-refractivity contribution in [2.45, 2.75) is 38.1 Å². The monoisotopic (exact) mass is 225 g/mol. The fourth-order valence-corrected chi connectivity index (χ4v) is 2.29. The summed E-state index contributed by atoms with van der Waals surface area (Å²) in [6.07, 6.45) is 5.47. The Morgan fingerprint density at radius 3 is 2.56 bits per heavy atom. The third-order valence-electron chi connectivity index (χ3n) is 3.07. The minimum Gasteiger partial charge on any atom is -0.314 e. The lowest BCUT2D eigenvalue weighted by Gasteiger charge is -2.15. The summed E-state index contributed by atoms with van der Waals surface area (Å²) in [6.45, 7) is 1.02. The molecule has 0 amide bonds. The topological polar surface area (TPSA) is 12.0 Å². The van der Waals surface area contributed by atoms with Gasteiger partial charge in [0.05, 0.1) is 0 Å².